The fourth-order valence-corrected chi connectivity index (χ4v) is 3.81. The summed E-state index contributed by atoms with van der Waals surface area (Å²) >= 11 is 3.66. The molecule has 0 atom stereocenters. The first-order chi connectivity index (χ1) is 12.6. The van der Waals surface area contributed by atoms with E-state index in [1.54, 1.807) is 0 Å². The summed E-state index contributed by atoms with van der Waals surface area (Å²) in [5, 5.41) is 11.0. The number of hydrogen-bond acceptors (Lipinski definition) is 4. The van der Waals surface area contributed by atoms with E-state index >= 15 is 0 Å². The molecule has 0 aliphatic rings. The van der Waals surface area contributed by atoms with Gasteiger partial charge in [0, 0.05) is 35.0 Å². The molecule has 2 heterocycles. The van der Waals surface area contributed by atoms with E-state index in [-0.39, 0.29) is 5.75 Å². The number of anilines is 1. The van der Waals surface area contributed by atoms with Crippen LogP contribution in [0.1, 0.15) is 23.8 Å². The number of para-hydroxylation sites is 1. The monoisotopic (exact) mass is 411 g/mol. The Morgan fingerprint density at radius 2 is 1.96 bits per heavy atom. The topological polar surface area (TPSA) is 72.5 Å². The molecule has 4 rings (SSSR count). The maximum atomic E-state index is 10.0. The van der Waals surface area contributed by atoms with Crippen molar-refractivity contribution in [3.8, 4) is 17.1 Å². The molecule has 26 heavy (non-hydrogen) atoms. The molecule has 0 unspecified atom stereocenters. The Kier molecular flexibility index (Phi) is 4.24. The Labute approximate surface area is 159 Å². The van der Waals surface area contributed by atoms with Gasteiger partial charge in [-0.25, -0.2) is 0 Å². The number of rotatable bonds is 4. The molecule has 0 bridgehead atoms. The van der Waals surface area contributed by atoms with E-state index in [2.05, 4.69) is 22.0 Å². The lowest BCUT2D eigenvalue weighted by molar-refractivity contribution is 0.451. The lowest BCUT2D eigenvalue weighted by atomic mass is 10.0. The molecular formula is C21H18BrNO3. The highest BCUT2D eigenvalue weighted by atomic mass is 79.9. The Bertz CT molecular complexity index is 1090. The average Bonchev–Trinajstić information content (AvgIpc) is 3.16. The molecule has 2 aromatic heterocycles. The quantitative estimate of drug-likeness (QED) is 0.410. The molecule has 0 amide bonds. The highest BCUT2D eigenvalue weighted by Crippen LogP contribution is 2.40. The zero-order chi connectivity index (χ0) is 18.3. The second-order valence-electron chi connectivity index (χ2n) is 6.22. The number of hydrogen-bond donors (Lipinski definition) is 2. The zero-order valence-corrected chi connectivity index (χ0v) is 15.8. The molecule has 132 valence electrons. The highest BCUT2D eigenvalue weighted by Gasteiger charge is 2.17. The van der Waals surface area contributed by atoms with Crippen molar-refractivity contribution in [3.05, 3.63) is 70.1 Å². The van der Waals surface area contributed by atoms with Gasteiger partial charge in [0.05, 0.1) is 4.47 Å². The van der Waals surface area contributed by atoms with Gasteiger partial charge in [0.15, 0.2) is 11.5 Å². The van der Waals surface area contributed by atoms with Crippen LogP contribution in [0, 0.1) is 0 Å². The first kappa shape index (κ1) is 16.8. The predicted octanol–water partition coefficient (Wildman–Crippen LogP) is 5.90. The summed E-state index contributed by atoms with van der Waals surface area (Å²) < 4.78 is 12.3. The lowest BCUT2D eigenvalue weighted by Crippen LogP contribution is -1.91. The van der Waals surface area contributed by atoms with Gasteiger partial charge in [-0.05, 0) is 45.8 Å². The summed E-state index contributed by atoms with van der Waals surface area (Å²) in [6.07, 6.45) is 2.74. The van der Waals surface area contributed by atoms with E-state index in [1.807, 2.05) is 43.3 Å². The van der Waals surface area contributed by atoms with E-state index < -0.39 is 0 Å². The molecule has 0 saturated carbocycles. The largest absolute Gasteiger partial charge is 0.504 e. The number of aromatic hydroxyl groups is 1. The van der Waals surface area contributed by atoms with Crippen LogP contribution in [-0.2, 0) is 12.8 Å². The first-order valence-electron chi connectivity index (χ1n) is 8.42. The van der Waals surface area contributed by atoms with Gasteiger partial charge >= 0.3 is 0 Å². The number of fused-ring (bicyclic) bond motifs is 1. The number of aryl methyl sites for hydroxylation is 1. The second-order valence-corrected chi connectivity index (χ2v) is 7.01. The molecular weight excluding hydrogens is 394 g/mol. The highest BCUT2D eigenvalue weighted by molar-refractivity contribution is 9.10. The van der Waals surface area contributed by atoms with Crippen molar-refractivity contribution >= 4 is 32.6 Å². The van der Waals surface area contributed by atoms with Crippen LogP contribution in [0.15, 0.2) is 62.0 Å². The first-order valence-corrected chi connectivity index (χ1v) is 9.21. The van der Waals surface area contributed by atoms with E-state index in [4.69, 9.17) is 14.6 Å². The molecule has 0 spiro atoms. The van der Waals surface area contributed by atoms with Gasteiger partial charge in [0.1, 0.15) is 17.6 Å². The SMILES string of the molecule is CCc1occ(O)c1Cc1ccc2oc(-c3ccccc3N)c(Br)c2c1. The summed E-state index contributed by atoms with van der Waals surface area (Å²) in [5.74, 6) is 1.73. The van der Waals surface area contributed by atoms with E-state index in [0.717, 1.165) is 50.1 Å². The summed E-state index contributed by atoms with van der Waals surface area (Å²) in [4.78, 5) is 0. The number of halogens is 1. The molecule has 0 aliphatic heterocycles. The Morgan fingerprint density at radius 3 is 2.73 bits per heavy atom. The van der Waals surface area contributed by atoms with Gasteiger partial charge in [-0.1, -0.05) is 25.1 Å². The molecule has 0 radical (unpaired) electrons. The maximum Gasteiger partial charge on any atom is 0.157 e. The third kappa shape index (κ3) is 2.78. The van der Waals surface area contributed by atoms with Gasteiger partial charge in [0.2, 0.25) is 0 Å². The van der Waals surface area contributed by atoms with Crippen molar-refractivity contribution in [2.45, 2.75) is 19.8 Å². The molecule has 2 aromatic carbocycles. The molecule has 5 heteroatoms. The van der Waals surface area contributed by atoms with Crippen LogP contribution in [0.25, 0.3) is 22.3 Å². The van der Waals surface area contributed by atoms with Gasteiger partial charge in [-0.3, -0.25) is 0 Å². The number of nitrogens with two attached hydrogens (primary N) is 1. The third-order valence-corrected chi connectivity index (χ3v) is 5.35. The maximum absolute atomic E-state index is 10.0. The van der Waals surface area contributed by atoms with Gasteiger partial charge < -0.3 is 19.7 Å². The average molecular weight is 412 g/mol. The minimum atomic E-state index is 0.200. The Balaban J connectivity index is 1.77. The number of furan rings is 2. The summed E-state index contributed by atoms with van der Waals surface area (Å²) in [6, 6.07) is 13.6. The second kappa shape index (κ2) is 6.57. The molecule has 0 saturated heterocycles. The molecule has 3 N–H and O–H groups in total. The van der Waals surface area contributed by atoms with E-state index in [9.17, 15) is 5.11 Å². The van der Waals surface area contributed by atoms with Crippen molar-refractivity contribution in [3.63, 3.8) is 0 Å². The van der Waals surface area contributed by atoms with Crippen LogP contribution in [0.2, 0.25) is 0 Å². The Morgan fingerprint density at radius 1 is 1.15 bits per heavy atom. The van der Waals surface area contributed by atoms with Crippen LogP contribution >= 0.6 is 15.9 Å². The summed E-state index contributed by atoms with van der Waals surface area (Å²) in [7, 11) is 0. The van der Waals surface area contributed by atoms with Crippen molar-refractivity contribution < 1.29 is 13.9 Å². The Hall–Kier alpha value is -2.66. The van der Waals surface area contributed by atoms with Gasteiger partial charge in [-0.15, -0.1) is 0 Å². The fourth-order valence-electron chi connectivity index (χ4n) is 3.20. The van der Waals surface area contributed by atoms with Crippen molar-refractivity contribution in [1.82, 2.24) is 0 Å². The smallest absolute Gasteiger partial charge is 0.157 e. The summed E-state index contributed by atoms with van der Waals surface area (Å²) in [5.41, 5.74) is 10.3. The molecule has 0 aliphatic carbocycles. The van der Waals surface area contributed by atoms with Crippen LogP contribution < -0.4 is 5.73 Å². The van der Waals surface area contributed by atoms with Crippen molar-refractivity contribution in [2.24, 2.45) is 0 Å². The normalized spacial score (nSPS) is 11.3. The zero-order valence-electron chi connectivity index (χ0n) is 14.3. The minimum Gasteiger partial charge on any atom is -0.504 e. The lowest BCUT2D eigenvalue weighted by Gasteiger charge is -2.03. The molecule has 4 nitrogen and oxygen atoms in total. The van der Waals surface area contributed by atoms with E-state index in [0.29, 0.717) is 12.1 Å². The minimum absolute atomic E-state index is 0.200. The summed E-state index contributed by atoms with van der Waals surface area (Å²) in [6.45, 7) is 2.01. The number of nitrogen functional groups attached to an aromatic ring is 1. The van der Waals surface area contributed by atoms with Crippen LogP contribution in [0.5, 0.6) is 5.75 Å². The van der Waals surface area contributed by atoms with E-state index in [1.165, 1.54) is 6.26 Å². The molecule has 0 fully saturated rings. The predicted molar refractivity (Wildman–Crippen MR) is 106 cm³/mol. The van der Waals surface area contributed by atoms with Gasteiger partial charge in [-0.2, -0.15) is 0 Å². The standard InChI is InChI=1S/C21H18BrNO3/c1-2-18-14(17(24)11-25-18)9-12-7-8-19-15(10-12)20(22)21(26-19)13-5-3-4-6-16(13)23/h3-8,10-11,24H,2,9,23H2,1H3. The van der Waals surface area contributed by atoms with Crippen molar-refractivity contribution in [1.29, 1.82) is 0 Å². The van der Waals surface area contributed by atoms with Crippen LogP contribution in [0.3, 0.4) is 0 Å². The van der Waals surface area contributed by atoms with Crippen LogP contribution in [0.4, 0.5) is 5.69 Å². The van der Waals surface area contributed by atoms with Crippen molar-refractivity contribution in [2.75, 3.05) is 5.73 Å². The van der Waals surface area contributed by atoms with Gasteiger partial charge in [0.25, 0.3) is 0 Å². The molecule has 4 aromatic rings. The number of benzene rings is 2. The van der Waals surface area contributed by atoms with Crippen LogP contribution in [-0.4, -0.2) is 5.11 Å². The third-order valence-electron chi connectivity index (χ3n) is 4.56. The fraction of sp³-hybridized carbons (Fsp3) is 0.143.